The number of benzene rings is 1. The molecule has 1 aromatic carbocycles. The van der Waals surface area contributed by atoms with Crippen LogP contribution in [-0.2, 0) is 17.8 Å². The van der Waals surface area contributed by atoms with Crippen molar-refractivity contribution in [1.82, 2.24) is 10.6 Å². The minimum atomic E-state index is 0.132. The Balaban J connectivity index is 1.76. The number of nitrogens with one attached hydrogen (secondary N) is 3. The number of aryl methyl sites for hydroxylation is 1. The highest BCUT2D eigenvalue weighted by Gasteiger charge is 2.11. The highest BCUT2D eigenvalue weighted by atomic mass is 16.1. The molecule has 1 aromatic rings. The van der Waals surface area contributed by atoms with Crippen molar-refractivity contribution in [2.24, 2.45) is 0 Å². The average Bonchev–Trinajstić information content (AvgIpc) is 2.49. The molecule has 1 heterocycles. The summed E-state index contributed by atoms with van der Waals surface area (Å²) in [4.78, 5) is 11.5. The number of amides is 1. The van der Waals surface area contributed by atoms with E-state index in [4.69, 9.17) is 0 Å². The summed E-state index contributed by atoms with van der Waals surface area (Å²) in [6, 6.07) is 6.47. The standard InChI is InChI=1S/C16H25N3O/c1-2-9-18-15(20)8-11-17-12-14-6-3-5-13-7-4-10-19-16(13)14/h3,5-6,17,19H,2,4,7-12H2,1H3,(H,18,20). The Morgan fingerprint density at radius 2 is 2.25 bits per heavy atom. The fourth-order valence-corrected chi connectivity index (χ4v) is 2.51. The smallest absolute Gasteiger partial charge is 0.221 e. The molecule has 1 aliphatic heterocycles. The summed E-state index contributed by atoms with van der Waals surface area (Å²) in [5.74, 6) is 0.132. The molecule has 4 heteroatoms. The van der Waals surface area contributed by atoms with E-state index >= 15 is 0 Å². The van der Waals surface area contributed by atoms with Gasteiger partial charge in [0.05, 0.1) is 0 Å². The maximum absolute atomic E-state index is 11.5. The molecule has 110 valence electrons. The Bertz CT molecular complexity index is 445. The first-order chi connectivity index (χ1) is 9.81. The lowest BCUT2D eigenvalue weighted by Crippen LogP contribution is -2.28. The van der Waals surface area contributed by atoms with E-state index in [1.807, 2.05) is 0 Å². The first kappa shape index (κ1) is 14.9. The predicted octanol–water partition coefficient (Wildman–Crippen LogP) is 2.05. The average molecular weight is 275 g/mol. The van der Waals surface area contributed by atoms with E-state index in [0.29, 0.717) is 6.42 Å². The van der Waals surface area contributed by atoms with Crippen LogP contribution in [0, 0.1) is 0 Å². The summed E-state index contributed by atoms with van der Waals surface area (Å²) in [6.07, 6.45) is 3.90. The van der Waals surface area contributed by atoms with Crippen molar-refractivity contribution in [2.75, 3.05) is 25.0 Å². The van der Waals surface area contributed by atoms with Crippen LogP contribution in [0.1, 0.15) is 37.3 Å². The number of carbonyl (C=O) groups is 1. The van der Waals surface area contributed by atoms with Gasteiger partial charge in [-0.05, 0) is 30.4 Å². The lowest BCUT2D eigenvalue weighted by atomic mass is 9.99. The van der Waals surface area contributed by atoms with Gasteiger partial charge in [-0.3, -0.25) is 4.79 Å². The third-order valence-corrected chi connectivity index (χ3v) is 3.58. The van der Waals surface area contributed by atoms with Crippen LogP contribution in [0.25, 0.3) is 0 Å². The first-order valence-electron chi connectivity index (χ1n) is 7.63. The molecule has 2 rings (SSSR count). The highest BCUT2D eigenvalue weighted by molar-refractivity contribution is 5.76. The summed E-state index contributed by atoms with van der Waals surface area (Å²) in [5.41, 5.74) is 4.01. The second kappa shape index (κ2) is 7.90. The number of para-hydroxylation sites is 1. The Kier molecular flexibility index (Phi) is 5.87. The lowest BCUT2D eigenvalue weighted by molar-refractivity contribution is -0.120. The third kappa shape index (κ3) is 4.23. The van der Waals surface area contributed by atoms with Crippen molar-refractivity contribution < 1.29 is 4.79 Å². The van der Waals surface area contributed by atoms with Gasteiger partial charge in [0.2, 0.25) is 5.91 Å². The van der Waals surface area contributed by atoms with Crippen molar-refractivity contribution in [1.29, 1.82) is 0 Å². The number of fused-ring (bicyclic) bond motifs is 1. The Labute approximate surface area is 121 Å². The van der Waals surface area contributed by atoms with Gasteiger partial charge in [-0.2, -0.15) is 0 Å². The van der Waals surface area contributed by atoms with E-state index < -0.39 is 0 Å². The van der Waals surface area contributed by atoms with E-state index in [1.165, 1.54) is 23.2 Å². The zero-order valence-corrected chi connectivity index (χ0v) is 12.3. The summed E-state index contributed by atoms with van der Waals surface area (Å²) in [7, 11) is 0. The molecule has 1 aliphatic rings. The normalized spacial score (nSPS) is 13.4. The molecule has 3 N–H and O–H groups in total. The lowest BCUT2D eigenvalue weighted by Gasteiger charge is -2.21. The molecule has 0 unspecified atom stereocenters. The van der Waals surface area contributed by atoms with Gasteiger partial charge < -0.3 is 16.0 Å². The van der Waals surface area contributed by atoms with Crippen molar-refractivity contribution >= 4 is 11.6 Å². The zero-order chi connectivity index (χ0) is 14.2. The molecule has 20 heavy (non-hydrogen) atoms. The minimum Gasteiger partial charge on any atom is -0.385 e. The maximum atomic E-state index is 11.5. The molecule has 0 fully saturated rings. The molecule has 0 radical (unpaired) electrons. The number of hydrogen-bond donors (Lipinski definition) is 3. The molecule has 4 nitrogen and oxygen atoms in total. The second-order valence-electron chi connectivity index (χ2n) is 5.26. The maximum Gasteiger partial charge on any atom is 0.221 e. The van der Waals surface area contributed by atoms with Gasteiger partial charge in [0.1, 0.15) is 0 Å². The molecule has 0 bridgehead atoms. The van der Waals surface area contributed by atoms with Crippen molar-refractivity contribution in [3.63, 3.8) is 0 Å². The quantitative estimate of drug-likeness (QED) is 0.668. The van der Waals surface area contributed by atoms with Crippen molar-refractivity contribution in [3.8, 4) is 0 Å². The minimum absolute atomic E-state index is 0.132. The summed E-state index contributed by atoms with van der Waals surface area (Å²) in [6.45, 7) is 5.43. The number of rotatable bonds is 7. The zero-order valence-electron chi connectivity index (χ0n) is 12.3. The van der Waals surface area contributed by atoms with Gasteiger partial charge in [-0.1, -0.05) is 25.1 Å². The van der Waals surface area contributed by atoms with Gasteiger partial charge in [-0.15, -0.1) is 0 Å². The summed E-state index contributed by atoms with van der Waals surface area (Å²) >= 11 is 0. The van der Waals surface area contributed by atoms with Gasteiger partial charge in [0, 0.05) is 38.3 Å². The van der Waals surface area contributed by atoms with Gasteiger partial charge in [0.15, 0.2) is 0 Å². The predicted molar refractivity (Wildman–Crippen MR) is 82.9 cm³/mol. The first-order valence-corrected chi connectivity index (χ1v) is 7.63. The third-order valence-electron chi connectivity index (χ3n) is 3.58. The van der Waals surface area contributed by atoms with Crippen LogP contribution >= 0.6 is 0 Å². The Hall–Kier alpha value is -1.55. The van der Waals surface area contributed by atoms with Gasteiger partial charge >= 0.3 is 0 Å². The molecule has 0 spiro atoms. The van der Waals surface area contributed by atoms with E-state index in [2.05, 4.69) is 41.1 Å². The monoisotopic (exact) mass is 275 g/mol. The molecule has 0 saturated heterocycles. The molecule has 0 aliphatic carbocycles. The molecule has 0 saturated carbocycles. The van der Waals surface area contributed by atoms with Crippen LogP contribution in [0.3, 0.4) is 0 Å². The molecule has 0 atom stereocenters. The molecular weight excluding hydrogens is 250 g/mol. The SMILES string of the molecule is CCCNC(=O)CCNCc1cccc2c1NCCC2. The highest BCUT2D eigenvalue weighted by Crippen LogP contribution is 2.25. The Morgan fingerprint density at radius 1 is 1.35 bits per heavy atom. The second-order valence-corrected chi connectivity index (χ2v) is 5.26. The van der Waals surface area contributed by atoms with E-state index in [1.54, 1.807) is 0 Å². The van der Waals surface area contributed by atoms with E-state index in [0.717, 1.165) is 39.0 Å². The van der Waals surface area contributed by atoms with E-state index in [-0.39, 0.29) is 5.91 Å². The van der Waals surface area contributed by atoms with Crippen LogP contribution in [0.2, 0.25) is 0 Å². The number of hydrogen-bond acceptors (Lipinski definition) is 3. The van der Waals surface area contributed by atoms with Crippen LogP contribution in [0.4, 0.5) is 5.69 Å². The van der Waals surface area contributed by atoms with Crippen LogP contribution < -0.4 is 16.0 Å². The fourth-order valence-electron chi connectivity index (χ4n) is 2.51. The number of anilines is 1. The molecule has 1 amide bonds. The van der Waals surface area contributed by atoms with E-state index in [9.17, 15) is 4.79 Å². The molecular formula is C16H25N3O. The fraction of sp³-hybridized carbons (Fsp3) is 0.562. The molecule has 0 aromatic heterocycles. The number of carbonyl (C=O) groups excluding carboxylic acids is 1. The van der Waals surface area contributed by atoms with Crippen LogP contribution in [0.5, 0.6) is 0 Å². The van der Waals surface area contributed by atoms with Gasteiger partial charge in [0.25, 0.3) is 0 Å². The van der Waals surface area contributed by atoms with Crippen molar-refractivity contribution in [2.45, 2.75) is 39.2 Å². The summed E-state index contributed by atoms with van der Waals surface area (Å²) < 4.78 is 0. The van der Waals surface area contributed by atoms with Crippen LogP contribution in [-0.4, -0.2) is 25.5 Å². The summed E-state index contributed by atoms with van der Waals surface area (Å²) in [5, 5.41) is 9.74. The van der Waals surface area contributed by atoms with Crippen molar-refractivity contribution in [3.05, 3.63) is 29.3 Å². The Morgan fingerprint density at radius 3 is 3.10 bits per heavy atom. The van der Waals surface area contributed by atoms with Gasteiger partial charge in [-0.25, -0.2) is 0 Å². The topological polar surface area (TPSA) is 53.2 Å². The largest absolute Gasteiger partial charge is 0.385 e. The van der Waals surface area contributed by atoms with Crippen LogP contribution in [0.15, 0.2) is 18.2 Å².